The molecule has 0 saturated heterocycles. The van der Waals surface area contributed by atoms with Gasteiger partial charge >= 0.3 is 0 Å². The second-order valence-corrected chi connectivity index (χ2v) is 32.1. The molecule has 4 nitrogen and oxygen atoms in total. The van der Waals surface area contributed by atoms with Crippen molar-refractivity contribution in [2.45, 2.75) is 10.8 Å². The molecule has 1 aromatic heterocycles. The Labute approximate surface area is 706 Å². The lowest BCUT2D eigenvalue weighted by Crippen LogP contribution is -2.28. The first-order valence-corrected chi connectivity index (χ1v) is 41.5. The van der Waals surface area contributed by atoms with Crippen molar-refractivity contribution in [3.63, 3.8) is 0 Å². The van der Waals surface area contributed by atoms with Crippen LogP contribution in [0.4, 0.5) is 42.9 Å². The molecule has 19 aromatic rings. The van der Waals surface area contributed by atoms with Crippen LogP contribution in [-0.4, -0.2) is 0 Å². The molecule has 0 aliphatic heterocycles. The summed E-state index contributed by atoms with van der Waals surface area (Å²) in [6, 6.07) is 149. The average molecular weight is 1580 g/mol. The summed E-state index contributed by atoms with van der Waals surface area (Å²) < 4.78 is 43.9. The van der Waals surface area contributed by atoms with Crippen LogP contribution in [0.25, 0.3) is 99.1 Å². The van der Waals surface area contributed by atoms with Crippen molar-refractivity contribution in [2.75, 3.05) is 9.80 Å². The molecule has 1 heterocycles. The monoisotopic (exact) mass is 1570 g/mol. The van der Waals surface area contributed by atoms with Crippen LogP contribution in [0.2, 0.25) is 0 Å². The van der Waals surface area contributed by atoms with Crippen LogP contribution in [0.5, 0.6) is 23.0 Å². The van der Waals surface area contributed by atoms with E-state index >= 15 is 0 Å². The molecule has 0 radical (unpaired) electrons. The molecule has 2 atom stereocenters. The highest BCUT2D eigenvalue weighted by molar-refractivity contribution is 7.25. The van der Waals surface area contributed by atoms with Gasteiger partial charge < -0.3 is 19.3 Å². The van der Waals surface area contributed by atoms with Crippen LogP contribution < -0.4 is 19.3 Å². The van der Waals surface area contributed by atoms with Crippen molar-refractivity contribution in [3.05, 3.63) is 505 Å². The maximum Gasteiger partial charge on any atom is 0.127 e. The molecular formula is C114H76F2N2O2S. The lowest BCUT2D eigenvalue weighted by atomic mass is 9.67. The highest BCUT2D eigenvalue weighted by atomic mass is 32.1. The molecule has 121 heavy (non-hydrogen) atoms. The Morgan fingerprint density at radius 1 is 0.240 bits per heavy atom. The topological polar surface area (TPSA) is 24.9 Å². The van der Waals surface area contributed by atoms with E-state index in [2.05, 4.69) is 351 Å². The number of ether oxygens (including phenoxy) is 2. The molecule has 0 saturated carbocycles. The summed E-state index contributed by atoms with van der Waals surface area (Å²) in [5, 5.41) is 2.31. The second kappa shape index (κ2) is 30.6. The maximum absolute atomic E-state index is 14.3. The first-order chi connectivity index (χ1) is 59.6. The van der Waals surface area contributed by atoms with Crippen LogP contribution in [0.1, 0.15) is 55.6 Å². The second-order valence-electron chi connectivity index (χ2n) is 31.0. The highest BCUT2D eigenvalue weighted by Crippen LogP contribution is 2.60. The number of benzene rings is 18. The minimum Gasteiger partial charge on any atom is -0.457 e. The Morgan fingerprint density at radius 2 is 0.537 bits per heavy atom. The number of anilines is 6. The lowest BCUT2D eigenvalue weighted by molar-refractivity contribution is 0.482. The maximum atomic E-state index is 14.3. The lowest BCUT2D eigenvalue weighted by Gasteiger charge is -2.35. The van der Waals surface area contributed by atoms with E-state index in [-0.39, 0.29) is 11.6 Å². The van der Waals surface area contributed by atoms with Gasteiger partial charge in [0.25, 0.3) is 0 Å². The molecule has 7 heteroatoms. The first-order valence-electron chi connectivity index (χ1n) is 40.7. The number of hydrogen-bond donors (Lipinski definition) is 0. The fourth-order valence-corrected chi connectivity index (χ4v) is 19.7. The van der Waals surface area contributed by atoms with E-state index in [1.807, 2.05) is 84.9 Å². The van der Waals surface area contributed by atoms with Crippen molar-refractivity contribution in [3.8, 4) is 89.8 Å². The zero-order valence-corrected chi connectivity index (χ0v) is 66.7. The predicted molar refractivity (Wildman–Crippen MR) is 498 cm³/mol. The first kappa shape index (κ1) is 73.4. The van der Waals surface area contributed by atoms with Crippen LogP contribution >= 0.6 is 11.3 Å². The summed E-state index contributed by atoms with van der Waals surface area (Å²) in [4.78, 5) is 4.83. The van der Waals surface area contributed by atoms with Crippen LogP contribution in [-0.2, 0) is 10.8 Å². The van der Waals surface area contributed by atoms with E-state index in [4.69, 9.17) is 9.47 Å². The molecule has 574 valence electrons. The third-order valence-corrected chi connectivity index (χ3v) is 25.3. The van der Waals surface area contributed by atoms with Gasteiger partial charge in [0, 0.05) is 54.3 Å². The Bertz CT molecular complexity index is 6720. The van der Waals surface area contributed by atoms with Gasteiger partial charge in [-0.15, -0.1) is 11.3 Å². The van der Waals surface area contributed by atoms with Gasteiger partial charge in [-0.2, -0.15) is 0 Å². The van der Waals surface area contributed by atoms with Crippen LogP contribution in [0.15, 0.2) is 438 Å². The third-order valence-electron chi connectivity index (χ3n) is 24.2. The number of rotatable bonds is 20. The van der Waals surface area contributed by atoms with Crippen LogP contribution in [0.3, 0.4) is 0 Å². The third kappa shape index (κ3) is 13.1. The molecule has 18 aromatic carbocycles. The Morgan fingerprint density at radius 3 is 0.901 bits per heavy atom. The van der Waals surface area contributed by atoms with Gasteiger partial charge in [-0.3, -0.25) is 0 Å². The van der Waals surface area contributed by atoms with Crippen molar-refractivity contribution in [1.82, 2.24) is 0 Å². The summed E-state index contributed by atoms with van der Waals surface area (Å²) in [5.41, 5.74) is 28.6. The summed E-state index contributed by atoms with van der Waals surface area (Å²) in [6.07, 6.45) is 3.67. The van der Waals surface area contributed by atoms with E-state index < -0.39 is 10.8 Å². The largest absolute Gasteiger partial charge is 0.457 e. The number of halogens is 2. The zero-order chi connectivity index (χ0) is 81.1. The summed E-state index contributed by atoms with van der Waals surface area (Å²) >= 11 is 1.80. The van der Waals surface area contributed by atoms with Crippen LogP contribution in [0, 0.1) is 11.6 Å². The summed E-state index contributed by atoms with van der Waals surface area (Å²) in [7, 11) is 0. The van der Waals surface area contributed by atoms with E-state index in [1.165, 1.54) is 68.8 Å². The number of nitrogens with zero attached hydrogens (tertiary/aromatic N) is 2. The van der Waals surface area contributed by atoms with Crippen molar-refractivity contribution >= 4 is 77.8 Å². The Kier molecular flexibility index (Phi) is 18.6. The molecule has 0 N–H and O–H groups in total. The SMILES string of the molecule is C=Cc1ccc(Oc2ccc(C3(c4ccccc4)c4ccccc4-c4ccc(N(c5ccc(-c6cccc(-c7ccc(F)cc7)c6)cc5)c5ccc6c(c5)sc5cc(N(c7ccc(-c8cccc(-c9ccc(F)cc9)c8)cc7)c7ccc8c(c7)C(c7ccccc7)(c7ccc(Oc9ccc(C=C)cc9)cc7)c7ccccc7-8)ccc56)cc43)cc2)cc1. The van der Waals surface area contributed by atoms with Gasteiger partial charge in [-0.05, 0) is 280 Å². The van der Waals surface area contributed by atoms with Gasteiger partial charge in [0.05, 0.1) is 10.8 Å². The van der Waals surface area contributed by atoms with Crippen molar-refractivity contribution in [2.24, 2.45) is 0 Å². The van der Waals surface area contributed by atoms with Gasteiger partial charge in [0.15, 0.2) is 0 Å². The van der Waals surface area contributed by atoms with E-state index in [0.717, 1.165) is 155 Å². The fraction of sp³-hybridized carbons (Fsp3) is 0.0175. The molecule has 21 rings (SSSR count). The van der Waals surface area contributed by atoms with Gasteiger partial charge in [0.2, 0.25) is 0 Å². The highest BCUT2D eigenvalue weighted by Gasteiger charge is 2.48. The molecular weight excluding hydrogens is 1500 g/mol. The molecule has 0 amide bonds. The average Bonchev–Trinajstić information content (AvgIpc) is 1.55. The minimum atomic E-state index is -0.738. The number of hydrogen-bond acceptors (Lipinski definition) is 5. The summed E-state index contributed by atoms with van der Waals surface area (Å²) in [6.45, 7) is 7.91. The molecule has 2 unspecified atom stereocenters. The Hall–Kier alpha value is -15.3. The standard InChI is InChI=1S/C114H76F2N2O2S/c1-3-75-29-57-97(58-30-75)119-99-61-41-87(42-62-99)113(85-21-7-5-8-22-85)107-27-13-11-25-101(107)103-65-53-93(71-109(103)113)117(91-49-37-79(38-50-91)83-19-15-17-81(69-83)77-33-45-89(115)46-34-77)95-55-67-105-106-68-56-96(74-112(106)121-111(105)73-95)118(92-51-39-80(40-52-92)84-20-16-18-82(70-84)78-35-47-90(116)48-36-78)94-54-66-104-102-26-12-14-28-108(102)114(110(104)72-94,86-23-9-6-10-24-86)88-43-63-100(64-44-88)120-98-59-31-76(4-2)32-60-98/h3-74H,1-2H2. The summed E-state index contributed by atoms with van der Waals surface area (Å²) in [5.74, 6) is 2.45. The van der Waals surface area contributed by atoms with Crippen molar-refractivity contribution < 1.29 is 18.3 Å². The quantitative estimate of drug-likeness (QED) is 0.0759. The smallest absolute Gasteiger partial charge is 0.127 e. The van der Waals surface area contributed by atoms with Crippen molar-refractivity contribution in [1.29, 1.82) is 0 Å². The molecule has 0 spiro atoms. The fourth-order valence-electron chi connectivity index (χ4n) is 18.5. The normalized spacial score (nSPS) is 14.2. The van der Waals surface area contributed by atoms with E-state index in [1.54, 1.807) is 11.3 Å². The van der Waals surface area contributed by atoms with Gasteiger partial charge in [-0.25, -0.2) is 8.78 Å². The van der Waals surface area contributed by atoms with E-state index in [0.29, 0.717) is 0 Å². The molecule has 0 bridgehead atoms. The minimum absolute atomic E-state index is 0.264. The molecule has 0 fully saturated rings. The Balaban J connectivity index is 0.711. The van der Waals surface area contributed by atoms with E-state index in [9.17, 15) is 8.78 Å². The molecule has 2 aliphatic carbocycles. The predicted octanol–water partition coefficient (Wildman–Crippen LogP) is 31.5. The number of thiophene rings is 1. The van der Waals surface area contributed by atoms with Gasteiger partial charge in [-0.1, -0.05) is 292 Å². The van der Waals surface area contributed by atoms with Gasteiger partial charge in [0.1, 0.15) is 34.6 Å². The molecule has 2 aliphatic rings. The number of fused-ring (bicyclic) bond motifs is 9. The zero-order valence-electron chi connectivity index (χ0n) is 65.9.